The first-order valence-electron chi connectivity index (χ1n) is 6.88. The van der Waals surface area contributed by atoms with Crippen molar-refractivity contribution < 1.29 is 45.6 Å². The van der Waals surface area contributed by atoms with Gasteiger partial charge in [0.2, 0.25) is 0 Å². The average molecular weight is 398 g/mol. The molecule has 0 aliphatic carbocycles. The van der Waals surface area contributed by atoms with Gasteiger partial charge < -0.3 is 36.5 Å². The third kappa shape index (κ3) is 3.61. The molecule has 2 atom stereocenters. The van der Waals surface area contributed by atoms with Crippen LogP contribution in [0.5, 0.6) is 0 Å². The van der Waals surface area contributed by atoms with E-state index >= 15 is 0 Å². The Kier molecular flexibility index (Phi) is 7.73. The smallest absolute Gasteiger partial charge is 0.398 e. The minimum Gasteiger partial charge on any atom is -1.00 e. The number of thiol groups is 1. The van der Waals surface area contributed by atoms with Gasteiger partial charge in [0.1, 0.15) is 0 Å². The van der Waals surface area contributed by atoms with Crippen molar-refractivity contribution in [3.8, 4) is 0 Å². The first kappa shape index (κ1) is 22.9. The highest BCUT2D eigenvalue weighted by atomic mass is 35.5. The molecule has 1 rings (SSSR count). The molecule has 0 aromatic carbocycles. The van der Waals surface area contributed by atoms with E-state index in [1.807, 2.05) is 0 Å². The van der Waals surface area contributed by atoms with Crippen LogP contribution in [0.1, 0.15) is 26.2 Å². The van der Waals surface area contributed by atoms with Gasteiger partial charge in [0.25, 0.3) is 0 Å². The molecular formula is C11H26ClNO6P2S. The van der Waals surface area contributed by atoms with Gasteiger partial charge in [0.05, 0.1) is 20.6 Å². The lowest BCUT2D eigenvalue weighted by Crippen LogP contribution is -3.00. The van der Waals surface area contributed by atoms with Crippen LogP contribution in [0.3, 0.4) is 0 Å². The lowest BCUT2D eigenvalue weighted by Gasteiger charge is -2.55. The quantitative estimate of drug-likeness (QED) is 0.218. The van der Waals surface area contributed by atoms with E-state index in [1.165, 1.54) is 14.1 Å². The van der Waals surface area contributed by atoms with E-state index in [-0.39, 0.29) is 22.8 Å². The molecule has 0 saturated carbocycles. The average Bonchev–Trinajstić information content (AvgIpc) is 2.23. The van der Waals surface area contributed by atoms with Crippen LogP contribution in [-0.2, 0) is 9.13 Å². The molecule has 0 aromatic rings. The molecule has 1 heterocycles. The molecule has 0 aromatic heterocycles. The zero-order chi connectivity index (χ0) is 16.7. The van der Waals surface area contributed by atoms with E-state index in [0.717, 1.165) is 0 Å². The maximum Gasteiger partial charge on any atom is 0.398 e. The molecule has 1 aliphatic rings. The molecular weight excluding hydrogens is 372 g/mol. The van der Waals surface area contributed by atoms with Gasteiger partial charge in [0.15, 0.2) is 0 Å². The molecule has 11 heteroatoms. The van der Waals surface area contributed by atoms with Crippen molar-refractivity contribution in [3.63, 3.8) is 0 Å². The van der Waals surface area contributed by atoms with Crippen molar-refractivity contribution in [2.45, 2.75) is 31.2 Å². The molecule has 1 saturated heterocycles. The van der Waals surface area contributed by atoms with E-state index < -0.39 is 26.1 Å². The Hall–Kier alpha value is 0.900. The summed E-state index contributed by atoms with van der Waals surface area (Å²) in [5, 5.41) is -2.37. The third-order valence-electron chi connectivity index (χ3n) is 4.75. The predicted octanol–water partition coefficient (Wildman–Crippen LogP) is -1.56. The number of hydrogen-bond donors (Lipinski definition) is 5. The fraction of sp³-hybridized carbons (Fsp3) is 1.00. The highest BCUT2D eigenvalue weighted by Gasteiger charge is 2.76. The fourth-order valence-electron chi connectivity index (χ4n) is 3.89. The summed E-state index contributed by atoms with van der Waals surface area (Å²) in [7, 11) is -7.13. The van der Waals surface area contributed by atoms with Crippen LogP contribution in [0.15, 0.2) is 0 Å². The zero-order valence-electron chi connectivity index (χ0n) is 13.0. The van der Waals surface area contributed by atoms with Crippen molar-refractivity contribution in [2.75, 3.05) is 26.4 Å². The Bertz CT molecular complexity index is 457. The van der Waals surface area contributed by atoms with Crippen LogP contribution < -0.4 is 12.4 Å². The Labute approximate surface area is 143 Å². The zero-order valence-corrected chi connectivity index (χ0v) is 16.4. The summed E-state index contributed by atoms with van der Waals surface area (Å²) in [6.07, 6.45) is 1.62. The molecule has 1 fully saturated rings. The van der Waals surface area contributed by atoms with E-state index in [9.17, 15) is 28.7 Å². The minimum absolute atomic E-state index is 0. The van der Waals surface area contributed by atoms with Crippen LogP contribution in [0.25, 0.3) is 0 Å². The molecule has 1 aliphatic heterocycles. The summed E-state index contributed by atoms with van der Waals surface area (Å²) in [5.74, 6) is -0.487. The molecule has 0 spiro atoms. The van der Waals surface area contributed by atoms with Crippen LogP contribution in [0, 0.1) is 11.8 Å². The molecule has 2 unspecified atom stereocenters. The minimum atomic E-state index is -5.06. The largest absolute Gasteiger partial charge is 1.00 e. The monoisotopic (exact) mass is 397 g/mol. The Morgan fingerprint density at radius 2 is 1.68 bits per heavy atom. The van der Waals surface area contributed by atoms with E-state index in [4.69, 9.17) is 0 Å². The van der Waals surface area contributed by atoms with Crippen LogP contribution in [0.2, 0.25) is 0 Å². The van der Waals surface area contributed by atoms with Crippen molar-refractivity contribution in [3.05, 3.63) is 0 Å². The Morgan fingerprint density at radius 3 is 2.05 bits per heavy atom. The van der Waals surface area contributed by atoms with Gasteiger partial charge in [-0.05, 0) is 30.9 Å². The molecule has 4 N–H and O–H groups in total. The molecule has 134 valence electrons. The summed E-state index contributed by atoms with van der Waals surface area (Å²) < 4.78 is 24.1. The molecule has 0 bridgehead atoms. The number of piperidine rings is 1. The van der Waals surface area contributed by atoms with Gasteiger partial charge in [-0.3, -0.25) is 9.13 Å². The van der Waals surface area contributed by atoms with Crippen molar-refractivity contribution in [1.29, 1.82) is 0 Å². The number of quaternary nitrogens is 1. The van der Waals surface area contributed by atoms with Gasteiger partial charge in [-0.15, -0.1) is 0 Å². The standard InChI is InChI=1S/C11H25NO6P2S.ClH/c1-9(6-8-21)10-5-4-7-12(2,3)11(10,19(13,14)15)20(16,17)18;/h9-10H,4-8H2,1-3H3,(H4-,13,14,15,16,17,18,21);1H. The van der Waals surface area contributed by atoms with E-state index in [0.29, 0.717) is 31.6 Å². The molecule has 22 heavy (non-hydrogen) atoms. The lowest BCUT2D eigenvalue weighted by atomic mass is 9.83. The highest BCUT2D eigenvalue weighted by Crippen LogP contribution is 2.77. The van der Waals surface area contributed by atoms with Crippen molar-refractivity contribution >= 4 is 27.8 Å². The Morgan fingerprint density at radius 1 is 1.23 bits per heavy atom. The van der Waals surface area contributed by atoms with Gasteiger partial charge in [-0.2, -0.15) is 12.6 Å². The van der Waals surface area contributed by atoms with Gasteiger partial charge in [-0.25, -0.2) is 0 Å². The second kappa shape index (κ2) is 7.42. The van der Waals surface area contributed by atoms with Crippen LogP contribution in [-0.4, -0.2) is 55.5 Å². The normalized spacial score (nSPS) is 26.1. The lowest BCUT2D eigenvalue weighted by molar-refractivity contribution is -0.924. The van der Waals surface area contributed by atoms with Crippen molar-refractivity contribution in [1.82, 2.24) is 0 Å². The summed E-state index contributed by atoms with van der Waals surface area (Å²) in [4.78, 5) is 39.7. The number of likely N-dealkylation sites (tertiary alicyclic amines) is 1. The summed E-state index contributed by atoms with van der Waals surface area (Å²) in [6.45, 7) is 2.10. The maximum absolute atomic E-state index is 12.3. The second-order valence-corrected chi connectivity index (χ2v) is 10.8. The SMILES string of the molecule is CC(CCS)C1CCC[N+](C)(C)C1(P(=O)(O)O)P(=O)(O)O.[Cl-]. The van der Waals surface area contributed by atoms with Gasteiger partial charge in [0, 0.05) is 5.92 Å². The van der Waals surface area contributed by atoms with Gasteiger partial charge >= 0.3 is 20.2 Å². The first-order valence-corrected chi connectivity index (χ1v) is 10.7. The fourth-order valence-corrected chi connectivity index (χ4v) is 8.90. The number of halogens is 1. The van der Waals surface area contributed by atoms with Crippen molar-refractivity contribution in [2.24, 2.45) is 11.8 Å². The first-order chi connectivity index (χ1) is 9.33. The number of hydrogen-bond acceptors (Lipinski definition) is 3. The summed E-state index contributed by atoms with van der Waals surface area (Å²) >= 11 is 4.13. The maximum atomic E-state index is 12.3. The topological polar surface area (TPSA) is 115 Å². The molecule has 7 nitrogen and oxygen atoms in total. The number of nitrogens with zero attached hydrogens (tertiary/aromatic N) is 1. The van der Waals surface area contributed by atoms with Crippen LogP contribution in [0.4, 0.5) is 0 Å². The second-order valence-electron chi connectivity index (χ2n) is 6.42. The third-order valence-corrected chi connectivity index (χ3v) is 10.0. The summed E-state index contributed by atoms with van der Waals surface area (Å²) in [5.41, 5.74) is 0. The summed E-state index contributed by atoms with van der Waals surface area (Å²) in [6, 6.07) is 0. The Balaban J connectivity index is 0.00000441. The number of rotatable bonds is 5. The predicted molar refractivity (Wildman–Crippen MR) is 84.2 cm³/mol. The molecule has 0 amide bonds. The van der Waals surface area contributed by atoms with Gasteiger partial charge in [-0.1, -0.05) is 6.92 Å². The van der Waals surface area contributed by atoms with E-state index in [2.05, 4.69) is 12.6 Å². The van der Waals surface area contributed by atoms with E-state index in [1.54, 1.807) is 6.92 Å². The van der Waals surface area contributed by atoms with Crippen LogP contribution >= 0.6 is 27.8 Å². The highest BCUT2D eigenvalue weighted by molar-refractivity contribution is 7.80. The molecule has 0 radical (unpaired) electrons.